The highest BCUT2D eigenvalue weighted by Crippen LogP contribution is 2.24. The van der Waals surface area contributed by atoms with Crippen molar-refractivity contribution in [1.82, 2.24) is 0 Å². The van der Waals surface area contributed by atoms with Crippen LogP contribution < -0.4 is 4.74 Å². The van der Waals surface area contributed by atoms with Crippen molar-refractivity contribution in [2.24, 2.45) is 0 Å². The monoisotopic (exact) mass is 291 g/mol. The molecule has 0 aromatic heterocycles. The minimum atomic E-state index is -3.27. The predicted molar refractivity (Wildman–Crippen MR) is 70.7 cm³/mol. The van der Waals surface area contributed by atoms with Crippen LogP contribution in [0.2, 0.25) is 0 Å². The molecule has 2 rings (SSSR count). The van der Waals surface area contributed by atoms with Crippen LogP contribution in [0.1, 0.15) is 5.56 Å². The average Bonchev–Trinajstić information content (AvgIpc) is 2.37. The lowest BCUT2D eigenvalue weighted by molar-refractivity contribution is 0.476. The van der Waals surface area contributed by atoms with E-state index < -0.39 is 15.7 Å². The molecule has 0 aliphatic rings. The Bertz CT molecular complexity index is 777. The molecule has 0 aliphatic heterocycles. The van der Waals surface area contributed by atoms with E-state index in [4.69, 9.17) is 10.00 Å². The first-order chi connectivity index (χ1) is 9.38. The molecule has 20 heavy (non-hydrogen) atoms. The van der Waals surface area contributed by atoms with E-state index >= 15 is 0 Å². The highest BCUT2D eigenvalue weighted by molar-refractivity contribution is 7.90. The van der Waals surface area contributed by atoms with Crippen molar-refractivity contribution < 1.29 is 17.5 Å². The molecule has 0 unspecified atom stereocenters. The van der Waals surface area contributed by atoms with Crippen molar-refractivity contribution in [3.63, 3.8) is 0 Å². The first kappa shape index (κ1) is 14.0. The summed E-state index contributed by atoms with van der Waals surface area (Å²) in [5.74, 6) is -0.0487. The highest BCUT2D eigenvalue weighted by Gasteiger charge is 2.07. The lowest BCUT2D eigenvalue weighted by Crippen LogP contribution is -1.96. The molecular formula is C14H10FNO3S. The summed E-state index contributed by atoms with van der Waals surface area (Å²) in [4.78, 5) is 0.168. The number of ether oxygens (including phenoxy) is 1. The molecule has 2 aromatic carbocycles. The van der Waals surface area contributed by atoms with Gasteiger partial charge in [0.1, 0.15) is 17.3 Å². The summed E-state index contributed by atoms with van der Waals surface area (Å²) >= 11 is 0. The number of benzene rings is 2. The van der Waals surface area contributed by atoms with Gasteiger partial charge in [-0.25, -0.2) is 12.8 Å². The third-order valence-corrected chi connectivity index (χ3v) is 3.62. The largest absolute Gasteiger partial charge is 0.457 e. The molecule has 102 valence electrons. The number of hydrogen-bond donors (Lipinski definition) is 0. The van der Waals surface area contributed by atoms with Crippen LogP contribution in [0.5, 0.6) is 11.5 Å². The Hall–Kier alpha value is -2.39. The second-order valence-corrected chi connectivity index (χ2v) is 6.15. The van der Waals surface area contributed by atoms with Crippen LogP contribution >= 0.6 is 0 Å². The minimum Gasteiger partial charge on any atom is -0.457 e. The summed E-state index contributed by atoms with van der Waals surface area (Å²) in [5, 5.41) is 8.74. The molecule has 0 saturated heterocycles. The van der Waals surface area contributed by atoms with Gasteiger partial charge in [0.25, 0.3) is 0 Å². The van der Waals surface area contributed by atoms with Crippen LogP contribution in [-0.4, -0.2) is 14.7 Å². The smallest absolute Gasteiger partial charge is 0.175 e. The zero-order chi connectivity index (χ0) is 14.8. The van der Waals surface area contributed by atoms with Gasteiger partial charge in [0.2, 0.25) is 0 Å². The number of rotatable bonds is 3. The van der Waals surface area contributed by atoms with E-state index in [1.165, 1.54) is 30.3 Å². The molecule has 0 atom stereocenters. The Kier molecular flexibility index (Phi) is 3.72. The topological polar surface area (TPSA) is 67.2 Å². The maximum absolute atomic E-state index is 13.2. The summed E-state index contributed by atoms with van der Waals surface area (Å²) in [6.07, 6.45) is 1.11. The summed E-state index contributed by atoms with van der Waals surface area (Å²) < 4.78 is 41.2. The van der Waals surface area contributed by atoms with Crippen LogP contribution in [0.3, 0.4) is 0 Å². The lowest BCUT2D eigenvalue weighted by atomic mass is 10.2. The van der Waals surface area contributed by atoms with Gasteiger partial charge < -0.3 is 4.74 Å². The fourth-order valence-corrected chi connectivity index (χ4v) is 2.21. The number of halogens is 1. The molecular weight excluding hydrogens is 281 g/mol. The fraction of sp³-hybridized carbons (Fsp3) is 0.0714. The number of nitrogens with zero attached hydrogens (tertiary/aromatic N) is 1. The number of nitriles is 1. The van der Waals surface area contributed by atoms with Crippen LogP contribution in [-0.2, 0) is 9.84 Å². The SMILES string of the molecule is CS(=O)(=O)c1ccc(Oc2cc(F)cc(C#N)c2)cc1. The fourth-order valence-electron chi connectivity index (χ4n) is 1.58. The predicted octanol–water partition coefficient (Wildman–Crippen LogP) is 2.89. The normalized spacial score (nSPS) is 10.8. The Morgan fingerprint density at radius 3 is 2.30 bits per heavy atom. The summed E-state index contributed by atoms with van der Waals surface area (Å²) in [7, 11) is -3.27. The van der Waals surface area contributed by atoms with Gasteiger partial charge in [0.05, 0.1) is 16.5 Å². The molecule has 0 bridgehead atoms. The molecule has 0 aliphatic carbocycles. The van der Waals surface area contributed by atoms with Gasteiger partial charge in [-0.1, -0.05) is 0 Å². The summed E-state index contributed by atoms with van der Waals surface area (Å²) in [5.41, 5.74) is 0.146. The first-order valence-electron chi connectivity index (χ1n) is 5.57. The molecule has 0 fully saturated rings. The number of hydrogen-bond acceptors (Lipinski definition) is 4. The molecule has 0 N–H and O–H groups in total. The van der Waals surface area contributed by atoms with E-state index in [0.29, 0.717) is 5.75 Å². The van der Waals surface area contributed by atoms with Gasteiger partial charge in [-0.2, -0.15) is 5.26 Å². The second-order valence-electron chi connectivity index (χ2n) is 4.13. The third kappa shape index (κ3) is 3.33. The molecule has 0 radical (unpaired) electrons. The van der Waals surface area contributed by atoms with Crippen molar-refractivity contribution in [3.05, 3.63) is 53.8 Å². The third-order valence-electron chi connectivity index (χ3n) is 2.49. The van der Waals surface area contributed by atoms with Gasteiger partial charge in [0, 0.05) is 12.3 Å². The standard InChI is InChI=1S/C14H10FNO3S/c1-20(17,18)14-4-2-12(3-5-14)19-13-7-10(9-16)6-11(15)8-13/h2-8H,1H3. The second kappa shape index (κ2) is 5.31. The maximum Gasteiger partial charge on any atom is 0.175 e. The number of sulfone groups is 1. The zero-order valence-electron chi connectivity index (χ0n) is 10.5. The quantitative estimate of drug-likeness (QED) is 0.872. The Morgan fingerprint density at radius 2 is 1.75 bits per heavy atom. The van der Waals surface area contributed by atoms with Crippen molar-refractivity contribution in [2.45, 2.75) is 4.90 Å². The Labute approximate surface area is 116 Å². The molecule has 4 nitrogen and oxygen atoms in total. The van der Waals surface area contributed by atoms with E-state index in [1.54, 1.807) is 0 Å². The van der Waals surface area contributed by atoms with Gasteiger partial charge in [0.15, 0.2) is 9.84 Å². The Morgan fingerprint density at radius 1 is 1.10 bits per heavy atom. The van der Waals surface area contributed by atoms with Crippen molar-refractivity contribution in [3.8, 4) is 17.6 Å². The Balaban J connectivity index is 2.27. The van der Waals surface area contributed by atoms with E-state index in [2.05, 4.69) is 0 Å². The van der Waals surface area contributed by atoms with Crippen molar-refractivity contribution in [2.75, 3.05) is 6.26 Å². The van der Waals surface area contributed by atoms with Crippen molar-refractivity contribution in [1.29, 1.82) is 5.26 Å². The minimum absolute atomic E-state index is 0.146. The summed E-state index contributed by atoms with van der Waals surface area (Å²) in [6, 6.07) is 11.2. The molecule has 6 heteroatoms. The first-order valence-corrected chi connectivity index (χ1v) is 7.46. The maximum atomic E-state index is 13.2. The van der Waals surface area contributed by atoms with Gasteiger partial charge in [-0.05, 0) is 36.4 Å². The van der Waals surface area contributed by atoms with Crippen LogP contribution in [0.15, 0.2) is 47.4 Å². The zero-order valence-corrected chi connectivity index (χ0v) is 11.3. The van der Waals surface area contributed by atoms with E-state index in [9.17, 15) is 12.8 Å². The van der Waals surface area contributed by atoms with Gasteiger partial charge >= 0.3 is 0 Å². The highest BCUT2D eigenvalue weighted by atomic mass is 32.2. The molecule has 0 saturated carbocycles. The van der Waals surface area contributed by atoms with Crippen LogP contribution in [0.25, 0.3) is 0 Å². The molecule has 0 heterocycles. The molecule has 0 spiro atoms. The average molecular weight is 291 g/mol. The van der Waals surface area contributed by atoms with E-state index in [1.807, 2.05) is 6.07 Å². The summed E-state index contributed by atoms with van der Waals surface area (Å²) in [6.45, 7) is 0. The molecule has 0 amide bonds. The van der Waals surface area contributed by atoms with E-state index in [-0.39, 0.29) is 16.2 Å². The van der Waals surface area contributed by atoms with Crippen LogP contribution in [0.4, 0.5) is 4.39 Å². The van der Waals surface area contributed by atoms with Crippen LogP contribution in [0, 0.1) is 17.1 Å². The van der Waals surface area contributed by atoms with Gasteiger partial charge in [-0.15, -0.1) is 0 Å². The van der Waals surface area contributed by atoms with Crippen molar-refractivity contribution >= 4 is 9.84 Å². The lowest BCUT2D eigenvalue weighted by Gasteiger charge is -2.07. The van der Waals surface area contributed by atoms with Gasteiger partial charge in [-0.3, -0.25) is 0 Å². The molecule has 2 aromatic rings. The van der Waals surface area contributed by atoms with E-state index in [0.717, 1.165) is 18.4 Å².